The van der Waals surface area contributed by atoms with Gasteiger partial charge in [-0.15, -0.1) is 0 Å². The third-order valence-electron chi connectivity index (χ3n) is 3.95. The number of fused-ring (bicyclic) bond motifs is 2. The van der Waals surface area contributed by atoms with Gasteiger partial charge in [0.15, 0.2) is 0 Å². The number of phenols is 1. The molecule has 0 saturated heterocycles. The van der Waals surface area contributed by atoms with Crippen molar-refractivity contribution in [3.05, 3.63) is 41.0 Å². The van der Waals surface area contributed by atoms with Crippen LogP contribution >= 0.6 is 0 Å². The highest BCUT2D eigenvalue weighted by molar-refractivity contribution is 6.01. The van der Waals surface area contributed by atoms with Crippen molar-refractivity contribution in [3.8, 4) is 5.75 Å². The van der Waals surface area contributed by atoms with E-state index >= 15 is 0 Å². The predicted molar refractivity (Wildman–Crippen MR) is 78.0 cm³/mol. The number of esters is 1. The summed E-state index contributed by atoms with van der Waals surface area (Å²) in [7, 11) is 0. The van der Waals surface area contributed by atoms with E-state index in [2.05, 4.69) is 6.92 Å². The summed E-state index contributed by atoms with van der Waals surface area (Å²) >= 11 is 0. The molecule has 0 amide bonds. The van der Waals surface area contributed by atoms with E-state index in [-0.39, 0.29) is 11.7 Å². The maximum atomic E-state index is 11.8. The lowest BCUT2D eigenvalue weighted by Gasteiger charge is -2.11. The number of cyclic esters (lactones) is 1. The molecule has 2 aromatic rings. The molecule has 2 aromatic carbocycles. The van der Waals surface area contributed by atoms with Crippen LogP contribution in [0.3, 0.4) is 0 Å². The number of ether oxygens (including phenoxy) is 1. The summed E-state index contributed by atoms with van der Waals surface area (Å²) in [5.74, 6) is -0.0229. The van der Waals surface area contributed by atoms with Gasteiger partial charge in [-0.05, 0) is 47.4 Å². The minimum absolute atomic E-state index is 0.225. The summed E-state index contributed by atoms with van der Waals surface area (Å²) in [6.07, 6.45) is 4.41. The van der Waals surface area contributed by atoms with Crippen LogP contribution < -0.4 is 0 Å². The van der Waals surface area contributed by atoms with Crippen LogP contribution in [-0.2, 0) is 17.8 Å². The van der Waals surface area contributed by atoms with Crippen LogP contribution in [0, 0.1) is 0 Å². The van der Waals surface area contributed by atoms with Crippen molar-refractivity contribution in [1.82, 2.24) is 0 Å². The molecule has 0 aromatic heterocycles. The maximum Gasteiger partial charge on any atom is 0.338 e. The molecular formula is C17H18O3. The summed E-state index contributed by atoms with van der Waals surface area (Å²) in [6, 6.07) is 7.19. The Bertz CT molecular complexity index is 673. The predicted octanol–water partition coefficient (Wildman–Crippen LogP) is 3.95. The number of hydrogen-bond acceptors (Lipinski definition) is 3. The van der Waals surface area contributed by atoms with E-state index in [1.165, 1.54) is 18.4 Å². The van der Waals surface area contributed by atoms with Crippen LogP contribution in [0.5, 0.6) is 5.75 Å². The number of rotatable bonds is 4. The maximum absolute atomic E-state index is 11.8. The van der Waals surface area contributed by atoms with Crippen molar-refractivity contribution in [3.63, 3.8) is 0 Å². The summed E-state index contributed by atoms with van der Waals surface area (Å²) in [5.41, 5.74) is 2.90. The number of phenolic OH excluding ortho intramolecular Hbond substituents is 1. The molecule has 0 aliphatic carbocycles. The first-order valence-electron chi connectivity index (χ1n) is 7.15. The Morgan fingerprint density at radius 2 is 2.10 bits per heavy atom. The van der Waals surface area contributed by atoms with Gasteiger partial charge in [0.1, 0.15) is 12.4 Å². The first-order valence-corrected chi connectivity index (χ1v) is 7.15. The van der Waals surface area contributed by atoms with Crippen molar-refractivity contribution in [2.24, 2.45) is 0 Å². The highest BCUT2D eigenvalue weighted by Crippen LogP contribution is 2.33. The van der Waals surface area contributed by atoms with E-state index in [1.54, 1.807) is 12.1 Å². The Morgan fingerprint density at radius 3 is 2.90 bits per heavy atom. The molecule has 0 spiro atoms. The van der Waals surface area contributed by atoms with Gasteiger partial charge in [-0.2, -0.15) is 0 Å². The summed E-state index contributed by atoms with van der Waals surface area (Å²) in [6.45, 7) is 2.56. The molecule has 0 fully saturated rings. The van der Waals surface area contributed by atoms with E-state index < -0.39 is 0 Å². The number of aromatic hydroxyl groups is 1. The molecular weight excluding hydrogens is 252 g/mol. The Balaban J connectivity index is 2.15. The fourth-order valence-corrected chi connectivity index (χ4v) is 2.91. The second-order valence-corrected chi connectivity index (χ2v) is 5.32. The number of hydrogen-bond donors (Lipinski definition) is 1. The molecule has 3 heteroatoms. The number of unbranched alkanes of at least 4 members (excludes halogenated alkanes) is 2. The normalized spacial score (nSPS) is 13.6. The highest BCUT2D eigenvalue weighted by atomic mass is 16.5. The number of carbonyl (C=O) groups is 1. The number of carbonyl (C=O) groups excluding carboxylic acids is 1. The first-order chi connectivity index (χ1) is 9.70. The minimum Gasteiger partial charge on any atom is -0.508 e. The zero-order valence-corrected chi connectivity index (χ0v) is 11.6. The average molecular weight is 270 g/mol. The summed E-state index contributed by atoms with van der Waals surface area (Å²) in [4.78, 5) is 11.8. The van der Waals surface area contributed by atoms with Gasteiger partial charge in [0.2, 0.25) is 0 Å². The Morgan fingerprint density at radius 1 is 1.25 bits per heavy atom. The van der Waals surface area contributed by atoms with Crippen LogP contribution in [0.1, 0.15) is 47.7 Å². The quantitative estimate of drug-likeness (QED) is 0.676. The Kier molecular flexibility index (Phi) is 3.35. The summed E-state index contributed by atoms with van der Waals surface area (Å²) in [5, 5.41) is 11.7. The number of aryl methyl sites for hydroxylation is 1. The second kappa shape index (κ2) is 5.16. The van der Waals surface area contributed by atoms with Crippen molar-refractivity contribution in [1.29, 1.82) is 0 Å². The third kappa shape index (κ3) is 2.13. The van der Waals surface area contributed by atoms with Gasteiger partial charge < -0.3 is 9.84 Å². The minimum atomic E-state index is -0.248. The summed E-state index contributed by atoms with van der Waals surface area (Å²) < 4.78 is 5.17. The second-order valence-electron chi connectivity index (χ2n) is 5.32. The average Bonchev–Trinajstić information content (AvgIpc) is 2.79. The van der Waals surface area contributed by atoms with E-state index in [0.29, 0.717) is 12.2 Å². The molecule has 0 bridgehead atoms. The molecule has 1 aliphatic heterocycles. The standard InChI is InChI=1S/C17H18O3/c1-2-3-4-5-14-13-7-6-12(18)8-11(13)9-15-16(14)10-20-17(15)19/h6-9,18H,2-5,10H2,1H3. The zero-order chi connectivity index (χ0) is 14.1. The van der Waals surface area contributed by atoms with Crippen LogP contribution in [0.4, 0.5) is 0 Å². The lowest BCUT2D eigenvalue weighted by Crippen LogP contribution is -1.98. The van der Waals surface area contributed by atoms with E-state index in [0.717, 1.165) is 29.2 Å². The molecule has 20 heavy (non-hydrogen) atoms. The van der Waals surface area contributed by atoms with Crippen LogP contribution in [0.25, 0.3) is 10.8 Å². The Labute approximate surface area is 118 Å². The lowest BCUT2D eigenvalue weighted by molar-refractivity contribution is 0.0535. The molecule has 1 heterocycles. The lowest BCUT2D eigenvalue weighted by atomic mass is 9.92. The van der Waals surface area contributed by atoms with Gasteiger partial charge in [0.25, 0.3) is 0 Å². The molecule has 3 nitrogen and oxygen atoms in total. The van der Waals surface area contributed by atoms with Gasteiger partial charge in [-0.1, -0.05) is 25.8 Å². The molecule has 0 saturated carbocycles. The molecule has 0 unspecified atom stereocenters. The van der Waals surface area contributed by atoms with E-state index in [4.69, 9.17) is 4.74 Å². The van der Waals surface area contributed by atoms with Gasteiger partial charge in [-0.3, -0.25) is 0 Å². The van der Waals surface area contributed by atoms with Gasteiger partial charge in [0, 0.05) is 5.56 Å². The highest BCUT2D eigenvalue weighted by Gasteiger charge is 2.25. The van der Waals surface area contributed by atoms with Crippen LogP contribution in [0.15, 0.2) is 24.3 Å². The molecule has 0 radical (unpaired) electrons. The molecule has 0 atom stereocenters. The first kappa shape index (κ1) is 13.0. The van der Waals surface area contributed by atoms with Crippen molar-refractivity contribution in [2.45, 2.75) is 39.2 Å². The number of benzene rings is 2. The topological polar surface area (TPSA) is 46.5 Å². The van der Waals surface area contributed by atoms with Crippen molar-refractivity contribution >= 4 is 16.7 Å². The largest absolute Gasteiger partial charge is 0.508 e. The molecule has 3 rings (SSSR count). The van der Waals surface area contributed by atoms with Gasteiger partial charge in [0.05, 0.1) is 5.56 Å². The van der Waals surface area contributed by atoms with Crippen molar-refractivity contribution < 1.29 is 14.6 Å². The van der Waals surface area contributed by atoms with Gasteiger partial charge >= 0.3 is 5.97 Å². The monoisotopic (exact) mass is 270 g/mol. The van der Waals surface area contributed by atoms with Crippen LogP contribution in [0.2, 0.25) is 0 Å². The van der Waals surface area contributed by atoms with Gasteiger partial charge in [-0.25, -0.2) is 4.79 Å². The fraction of sp³-hybridized carbons (Fsp3) is 0.353. The van der Waals surface area contributed by atoms with Crippen molar-refractivity contribution in [2.75, 3.05) is 0 Å². The van der Waals surface area contributed by atoms with Crippen LogP contribution in [-0.4, -0.2) is 11.1 Å². The van der Waals surface area contributed by atoms with E-state index in [1.807, 2.05) is 12.1 Å². The SMILES string of the molecule is CCCCCc1c2c(cc3cc(O)ccc13)C(=O)OC2. The Hall–Kier alpha value is -2.03. The smallest absolute Gasteiger partial charge is 0.338 e. The third-order valence-corrected chi connectivity index (χ3v) is 3.95. The fourth-order valence-electron chi connectivity index (χ4n) is 2.91. The molecule has 1 N–H and O–H groups in total. The molecule has 1 aliphatic rings. The zero-order valence-electron chi connectivity index (χ0n) is 11.6. The molecule has 104 valence electrons. The van der Waals surface area contributed by atoms with E-state index in [9.17, 15) is 9.90 Å².